The van der Waals surface area contributed by atoms with E-state index in [0.29, 0.717) is 6.10 Å². The van der Waals surface area contributed by atoms with Crippen LogP contribution in [0.2, 0.25) is 0 Å². The third kappa shape index (κ3) is 2.03. The van der Waals surface area contributed by atoms with Crippen LogP contribution < -0.4 is 10.1 Å². The first-order valence-corrected chi connectivity index (χ1v) is 6.50. The minimum Gasteiger partial charge on any atom is -0.489 e. The van der Waals surface area contributed by atoms with Gasteiger partial charge in [-0.15, -0.1) is 11.3 Å². The lowest BCUT2D eigenvalue weighted by Crippen LogP contribution is -2.37. The second-order valence-corrected chi connectivity index (χ2v) is 4.95. The van der Waals surface area contributed by atoms with Crippen LogP contribution >= 0.6 is 11.3 Å². The Hall–Kier alpha value is -1.13. The number of hydrogen-bond donors (Lipinski definition) is 1. The fourth-order valence-electron chi connectivity index (χ4n) is 2.02. The molecule has 3 rings (SSSR count). The maximum atomic E-state index is 5.95. The van der Waals surface area contributed by atoms with Crippen LogP contribution in [0.25, 0.3) is 10.2 Å². The summed E-state index contributed by atoms with van der Waals surface area (Å²) in [5.41, 5.74) is 2.93. The number of fused-ring (bicyclic) bond motifs is 1. The molecule has 1 aromatic heterocycles. The molecule has 2 heterocycles. The van der Waals surface area contributed by atoms with E-state index in [2.05, 4.69) is 16.4 Å². The Balaban J connectivity index is 1.77. The molecule has 0 radical (unpaired) electrons. The standard InChI is InChI=1S/C12H14N2OS/c1-2-10(7-13-5-1)15-9-3-4-11-12(6-9)16-8-14-11/h3-4,6,8,10,13H,1-2,5,7H2. The summed E-state index contributed by atoms with van der Waals surface area (Å²) in [6.07, 6.45) is 2.67. The first kappa shape index (κ1) is 10.1. The molecule has 1 fully saturated rings. The fraction of sp³-hybridized carbons (Fsp3) is 0.417. The first-order valence-electron chi connectivity index (χ1n) is 5.62. The lowest BCUT2D eigenvalue weighted by atomic mass is 10.1. The number of benzene rings is 1. The molecule has 84 valence electrons. The number of thiazole rings is 1. The maximum Gasteiger partial charge on any atom is 0.121 e. The quantitative estimate of drug-likeness (QED) is 0.866. The highest BCUT2D eigenvalue weighted by molar-refractivity contribution is 7.16. The third-order valence-corrected chi connectivity index (χ3v) is 3.65. The number of nitrogens with one attached hydrogen (secondary N) is 1. The predicted octanol–water partition coefficient (Wildman–Crippen LogP) is 2.43. The molecule has 1 aliphatic rings. The summed E-state index contributed by atoms with van der Waals surface area (Å²) in [4.78, 5) is 4.26. The summed E-state index contributed by atoms with van der Waals surface area (Å²) in [5.74, 6) is 0.963. The van der Waals surface area contributed by atoms with E-state index in [1.54, 1.807) is 11.3 Å². The smallest absolute Gasteiger partial charge is 0.121 e. The SMILES string of the molecule is c1nc2ccc(OC3CCCNC3)cc2s1. The van der Waals surface area contributed by atoms with Crippen LogP contribution in [0, 0.1) is 0 Å². The molecule has 0 aliphatic carbocycles. The molecule has 0 amide bonds. The molecule has 1 atom stereocenters. The van der Waals surface area contributed by atoms with Gasteiger partial charge in [-0.1, -0.05) is 0 Å². The van der Waals surface area contributed by atoms with Gasteiger partial charge >= 0.3 is 0 Å². The van der Waals surface area contributed by atoms with E-state index < -0.39 is 0 Å². The van der Waals surface area contributed by atoms with Crippen LogP contribution in [0.3, 0.4) is 0 Å². The molecular formula is C12H14N2OS. The Morgan fingerprint density at radius 1 is 1.44 bits per heavy atom. The van der Waals surface area contributed by atoms with Gasteiger partial charge in [0.05, 0.1) is 15.7 Å². The zero-order valence-corrected chi connectivity index (χ0v) is 9.80. The highest BCUT2D eigenvalue weighted by atomic mass is 32.1. The van der Waals surface area contributed by atoms with E-state index in [9.17, 15) is 0 Å². The van der Waals surface area contributed by atoms with Crippen molar-refractivity contribution in [1.29, 1.82) is 0 Å². The van der Waals surface area contributed by atoms with Crippen LogP contribution in [-0.4, -0.2) is 24.2 Å². The van der Waals surface area contributed by atoms with Crippen molar-refractivity contribution in [3.05, 3.63) is 23.7 Å². The molecule has 4 heteroatoms. The van der Waals surface area contributed by atoms with Crippen LogP contribution in [0.1, 0.15) is 12.8 Å². The van der Waals surface area contributed by atoms with E-state index in [0.717, 1.165) is 30.8 Å². The van der Waals surface area contributed by atoms with Gasteiger partial charge in [0.1, 0.15) is 11.9 Å². The van der Waals surface area contributed by atoms with E-state index in [1.165, 1.54) is 11.1 Å². The van der Waals surface area contributed by atoms with Gasteiger partial charge in [-0.25, -0.2) is 4.98 Å². The molecule has 0 saturated carbocycles. The second-order valence-electron chi connectivity index (χ2n) is 4.07. The Bertz CT molecular complexity index is 477. The fourth-order valence-corrected chi connectivity index (χ4v) is 2.73. The summed E-state index contributed by atoms with van der Waals surface area (Å²) >= 11 is 1.66. The first-order chi connectivity index (χ1) is 7.92. The van der Waals surface area contributed by atoms with Gasteiger partial charge in [0.25, 0.3) is 0 Å². The minimum absolute atomic E-state index is 0.319. The number of rotatable bonds is 2. The van der Waals surface area contributed by atoms with Gasteiger partial charge in [-0.2, -0.15) is 0 Å². The molecule has 0 spiro atoms. The van der Waals surface area contributed by atoms with Crippen molar-refractivity contribution in [2.75, 3.05) is 13.1 Å². The molecule has 1 aromatic carbocycles. The molecule has 16 heavy (non-hydrogen) atoms. The van der Waals surface area contributed by atoms with E-state index in [1.807, 2.05) is 17.6 Å². The normalized spacial score (nSPS) is 21.1. The minimum atomic E-state index is 0.319. The van der Waals surface area contributed by atoms with Crippen LogP contribution in [0.15, 0.2) is 23.7 Å². The summed E-state index contributed by atoms with van der Waals surface area (Å²) in [6.45, 7) is 2.08. The largest absolute Gasteiger partial charge is 0.489 e. The number of aromatic nitrogens is 1. The molecular weight excluding hydrogens is 220 g/mol. The molecule has 0 bridgehead atoms. The van der Waals surface area contributed by atoms with Crippen molar-refractivity contribution >= 4 is 21.6 Å². The highest BCUT2D eigenvalue weighted by Gasteiger charge is 2.14. The topological polar surface area (TPSA) is 34.1 Å². The molecule has 1 unspecified atom stereocenters. The zero-order valence-electron chi connectivity index (χ0n) is 8.98. The Labute approximate surface area is 98.5 Å². The van der Waals surface area contributed by atoms with Crippen molar-refractivity contribution < 1.29 is 4.74 Å². The van der Waals surface area contributed by atoms with Gasteiger partial charge in [0.2, 0.25) is 0 Å². The van der Waals surface area contributed by atoms with Gasteiger partial charge in [0, 0.05) is 6.54 Å². The molecule has 2 aromatic rings. The molecule has 1 saturated heterocycles. The average molecular weight is 234 g/mol. The Kier molecular flexibility index (Phi) is 2.76. The van der Waals surface area contributed by atoms with Crippen molar-refractivity contribution in [3.63, 3.8) is 0 Å². The zero-order chi connectivity index (χ0) is 10.8. The average Bonchev–Trinajstić information content (AvgIpc) is 2.77. The van der Waals surface area contributed by atoms with Crippen LogP contribution in [0.5, 0.6) is 5.75 Å². The summed E-state index contributed by atoms with van der Waals surface area (Å²) in [7, 11) is 0. The van der Waals surface area contributed by atoms with Crippen LogP contribution in [0.4, 0.5) is 0 Å². The highest BCUT2D eigenvalue weighted by Crippen LogP contribution is 2.24. The van der Waals surface area contributed by atoms with Gasteiger partial charge in [-0.3, -0.25) is 0 Å². The van der Waals surface area contributed by atoms with Crippen molar-refractivity contribution in [1.82, 2.24) is 10.3 Å². The van der Waals surface area contributed by atoms with Gasteiger partial charge in [0.15, 0.2) is 0 Å². The number of nitrogens with zero attached hydrogens (tertiary/aromatic N) is 1. The van der Waals surface area contributed by atoms with Crippen molar-refractivity contribution in [2.45, 2.75) is 18.9 Å². The molecule has 1 aliphatic heterocycles. The van der Waals surface area contributed by atoms with Crippen LogP contribution in [-0.2, 0) is 0 Å². The molecule has 1 N–H and O–H groups in total. The van der Waals surface area contributed by atoms with Gasteiger partial charge in [-0.05, 0) is 37.6 Å². The second kappa shape index (κ2) is 4.39. The summed E-state index contributed by atoms with van der Waals surface area (Å²) < 4.78 is 7.14. The monoisotopic (exact) mass is 234 g/mol. The Morgan fingerprint density at radius 2 is 2.44 bits per heavy atom. The molecule has 3 nitrogen and oxygen atoms in total. The lowest BCUT2D eigenvalue weighted by molar-refractivity contribution is 0.167. The predicted molar refractivity (Wildman–Crippen MR) is 66.1 cm³/mol. The number of ether oxygens (including phenoxy) is 1. The summed E-state index contributed by atoms with van der Waals surface area (Å²) in [5, 5.41) is 3.35. The van der Waals surface area contributed by atoms with Gasteiger partial charge < -0.3 is 10.1 Å². The van der Waals surface area contributed by atoms with E-state index in [-0.39, 0.29) is 0 Å². The van der Waals surface area contributed by atoms with Crippen molar-refractivity contribution in [3.8, 4) is 5.75 Å². The maximum absolute atomic E-state index is 5.95. The van der Waals surface area contributed by atoms with E-state index in [4.69, 9.17) is 4.74 Å². The third-order valence-electron chi connectivity index (χ3n) is 2.86. The lowest BCUT2D eigenvalue weighted by Gasteiger charge is -2.23. The Morgan fingerprint density at radius 3 is 3.31 bits per heavy atom. The van der Waals surface area contributed by atoms with E-state index >= 15 is 0 Å². The summed E-state index contributed by atoms with van der Waals surface area (Å²) in [6, 6.07) is 6.12. The van der Waals surface area contributed by atoms with Crippen molar-refractivity contribution in [2.24, 2.45) is 0 Å². The number of hydrogen-bond acceptors (Lipinski definition) is 4. The number of piperidine rings is 1.